The maximum Gasteiger partial charge on any atom is 2.00 e. The van der Waals surface area contributed by atoms with Crippen molar-refractivity contribution in [3.63, 3.8) is 0 Å². The van der Waals surface area contributed by atoms with E-state index in [0.717, 1.165) is 18.8 Å². The molecule has 0 atom stereocenters. The van der Waals surface area contributed by atoms with Crippen LogP contribution in [-0.2, 0) is 25.6 Å². The molecule has 0 fully saturated rings. The molecule has 0 spiro atoms. The number of hydrogen-bond acceptors (Lipinski definition) is 4. The molecule has 0 N–H and O–H groups in total. The van der Waals surface area contributed by atoms with Gasteiger partial charge in [-0.25, -0.2) is 0 Å². The van der Waals surface area contributed by atoms with Crippen LogP contribution in [0.1, 0.15) is 52.4 Å². The molecule has 0 radical (unpaired) electrons. The molecule has 0 bridgehead atoms. The fourth-order valence-corrected chi connectivity index (χ4v) is 1.71. The van der Waals surface area contributed by atoms with Crippen molar-refractivity contribution in [1.29, 1.82) is 0 Å². The van der Waals surface area contributed by atoms with E-state index in [1.165, 1.54) is 19.3 Å². The van der Waals surface area contributed by atoms with Gasteiger partial charge in [0.1, 0.15) is 0 Å². The van der Waals surface area contributed by atoms with Crippen LogP contribution < -0.4 is 9.79 Å². The number of unbranched alkanes of at least 4 members (excludes halogenated alkanes) is 4. The van der Waals surface area contributed by atoms with Gasteiger partial charge in [-0.15, -0.1) is 0 Å². The second-order valence-corrected chi connectivity index (χ2v) is 5.38. The van der Waals surface area contributed by atoms with E-state index in [4.69, 9.17) is 0 Å². The summed E-state index contributed by atoms with van der Waals surface area (Å²) in [6.07, 6.45) is 6.30. The molecule has 0 aromatic heterocycles. The zero-order valence-electron chi connectivity index (χ0n) is 9.92. The van der Waals surface area contributed by atoms with Crippen molar-refractivity contribution >= 4 is 7.82 Å². The first kappa shape index (κ1) is 19.0. The Morgan fingerprint density at radius 1 is 1.06 bits per heavy atom. The van der Waals surface area contributed by atoms with Gasteiger partial charge in [-0.2, -0.15) is 0 Å². The number of rotatable bonds is 9. The molecule has 0 aliphatic rings. The molecule has 0 aliphatic carbocycles. The molecule has 0 rings (SSSR count). The van der Waals surface area contributed by atoms with Gasteiger partial charge >= 0.3 is 16.5 Å². The molecular weight excluding hydrogens is 274 g/mol. The third-order valence-corrected chi connectivity index (χ3v) is 2.67. The van der Waals surface area contributed by atoms with Gasteiger partial charge in [-0.1, -0.05) is 46.0 Å². The van der Waals surface area contributed by atoms with Gasteiger partial charge in [0.05, 0.1) is 14.4 Å². The Hall–Kier alpha value is 0.604. The Morgan fingerprint density at radius 2 is 1.56 bits per heavy atom. The minimum absolute atomic E-state index is 0. The molecule has 6 heteroatoms. The van der Waals surface area contributed by atoms with Crippen molar-refractivity contribution in [1.82, 2.24) is 0 Å². The van der Waals surface area contributed by atoms with E-state index < -0.39 is 7.82 Å². The zero-order valence-corrected chi connectivity index (χ0v) is 11.8. The second-order valence-electron chi connectivity index (χ2n) is 4.23. The van der Waals surface area contributed by atoms with Gasteiger partial charge in [0.25, 0.3) is 0 Å². The van der Waals surface area contributed by atoms with E-state index >= 15 is 0 Å². The van der Waals surface area contributed by atoms with Gasteiger partial charge in [0.15, 0.2) is 0 Å². The van der Waals surface area contributed by atoms with Gasteiger partial charge < -0.3 is 18.9 Å². The molecule has 0 aromatic rings. The third kappa shape index (κ3) is 17.0. The van der Waals surface area contributed by atoms with Crippen LogP contribution in [0.3, 0.4) is 0 Å². The molecule has 4 nitrogen and oxygen atoms in total. The zero-order chi connectivity index (χ0) is 11.7. The van der Waals surface area contributed by atoms with E-state index in [2.05, 4.69) is 18.4 Å². The standard InChI is InChI=1S/C10H23O4P.Ni/c1-10(2)8-6-4-3-5-7-9-14-15(11,12)13;/h10H,3-9H2,1-2H3,(H2,11,12,13);/q;+2/p-2. The molecular formula is C10H21NiO4P. The van der Waals surface area contributed by atoms with Crippen LogP contribution in [0.2, 0.25) is 0 Å². The van der Waals surface area contributed by atoms with E-state index in [9.17, 15) is 14.4 Å². The van der Waals surface area contributed by atoms with Crippen molar-refractivity contribution < 1.29 is 35.4 Å². The minimum Gasteiger partial charge on any atom is -0.790 e. The molecule has 100 valence electrons. The fraction of sp³-hybridized carbons (Fsp3) is 1.00. The Morgan fingerprint density at radius 3 is 2.06 bits per heavy atom. The molecule has 0 heterocycles. The van der Waals surface area contributed by atoms with Gasteiger partial charge in [-0.3, -0.25) is 0 Å². The van der Waals surface area contributed by atoms with Crippen LogP contribution in [0.4, 0.5) is 0 Å². The molecule has 0 amide bonds. The number of phosphoric acid groups is 1. The molecule has 16 heavy (non-hydrogen) atoms. The summed E-state index contributed by atoms with van der Waals surface area (Å²) in [5, 5.41) is 0. The van der Waals surface area contributed by atoms with E-state index in [-0.39, 0.29) is 23.1 Å². The van der Waals surface area contributed by atoms with Crippen molar-refractivity contribution in [3.05, 3.63) is 0 Å². The Bertz CT molecular complexity index is 193. The SMILES string of the molecule is CC(C)CCCCCCCOP(=O)([O-])[O-].[Ni+2]. The largest absolute Gasteiger partial charge is 2.00 e. The molecule has 0 saturated heterocycles. The van der Waals surface area contributed by atoms with Crippen molar-refractivity contribution in [2.24, 2.45) is 5.92 Å². The van der Waals surface area contributed by atoms with Crippen molar-refractivity contribution in [2.75, 3.05) is 6.61 Å². The maximum absolute atomic E-state index is 10.1. The summed E-state index contributed by atoms with van der Waals surface area (Å²) < 4.78 is 14.2. The summed E-state index contributed by atoms with van der Waals surface area (Å²) in [7, 11) is -4.74. The predicted octanol–water partition coefficient (Wildman–Crippen LogP) is 1.83. The van der Waals surface area contributed by atoms with Gasteiger partial charge in [0, 0.05) is 0 Å². The fourth-order valence-electron chi connectivity index (χ4n) is 1.36. The summed E-state index contributed by atoms with van der Waals surface area (Å²) in [6.45, 7) is 4.44. The summed E-state index contributed by atoms with van der Waals surface area (Å²) in [5.41, 5.74) is 0. The predicted molar refractivity (Wildman–Crippen MR) is 56.1 cm³/mol. The summed E-state index contributed by atoms with van der Waals surface area (Å²) in [4.78, 5) is 20.2. The van der Waals surface area contributed by atoms with E-state index in [1.807, 2.05) is 0 Å². The quantitative estimate of drug-likeness (QED) is 0.369. The number of hydrogen-bond donors (Lipinski definition) is 0. The average Bonchev–Trinajstić information content (AvgIpc) is 2.07. The normalized spacial score (nSPS) is 11.6. The van der Waals surface area contributed by atoms with Crippen LogP contribution in [-0.4, -0.2) is 6.61 Å². The van der Waals surface area contributed by atoms with Gasteiger partial charge in [-0.05, 0) is 12.3 Å². The summed E-state index contributed by atoms with van der Waals surface area (Å²) >= 11 is 0. The first-order valence-corrected chi connectivity index (χ1v) is 7.04. The maximum atomic E-state index is 10.1. The number of phosphoric ester groups is 1. The smallest absolute Gasteiger partial charge is 0.790 e. The monoisotopic (exact) mass is 294 g/mol. The Kier molecular flexibility index (Phi) is 12.7. The van der Waals surface area contributed by atoms with Crippen LogP contribution >= 0.6 is 7.82 Å². The van der Waals surface area contributed by atoms with Crippen LogP contribution in [0.15, 0.2) is 0 Å². The van der Waals surface area contributed by atoms with Crippen LogP contribution in [0, 0.1) is 5.92 Å². The topological polar surface area (TPSA) is 72.4 Å². The first-order chi connectivity index (χ1) is 6.92. The summed E-state index contributed by atoms with van der Waals surface area (Å²) in [5.74, 6) is 0.750. The van der Waals surface area contributed by atoms with E-state index in [1.54, 1.807) is 0 Å². The molecule has 0 aliphatic heterocycles. The summed E-state index contributed by atoms with van der Waals surface area (Å²) in [6, 6.07) is 0. The molecule has 0 saturated carbocycles. The third-order valence-electron chi connectivity index (χ3n) is 2.18. The first-order valence-electron chi connectivity index (χ1n) is 5.58. The van der Waals surface area contributed by atoms with Crippen molar-refractivity contribution in [3.8, 4) is 0 Å². The van der Waals surface area contributed by atoms with Crippen LogP contribution in [0.5, 0.6) is 0 Å². The Balaban J connectivity index is 0. The Labute approximate surface area is 108 Å². The second kappa shape index (κ2) is 10.7. The molecule has 0 unspecified atom stereocenters. The minimum atomic E-state index is -4.74. The van der Waals surface area contributed by atoms with Crippen LogP contribution in [0.25, 0.3) is 0 Å². The van der Waals surface area contributed by atoms with Gasteiger partial charge in [0.2, 0.25) is 0 Å². The molecule has 0 aromatic carbocycles. The van der Waals surface area contributed by atoms with Crippen molar-refractivity contribution in [2.45, 2.75) is 52.4 Å². The van der Waals surface area contributed by atoms with E-state index in [0.29, 0.717) is 6.42 Å². The average molecular weight is 295 g/mol.